The van der Waals surface area contributed by atoms with E-state index in [4.69, 9.17) is 8.74 Å². The molecule has 138 valence electrons. The van der Waals surface area contributed by atoms with E-state index in [9.17, 15) is 8.42 Å². The zero-order valence-corrected chi connectivity index (χ0v) is 15.8. The second-order valence-corrected chi connectivity index (χ2v) is 7.31. The van der Waals surface area contributed by atoms with Gasteiger partial charge in [-0.15, -0.1) is 0 Å². The molecule has 1 N–H and O–H groups in total. The van der Waals surface area contributed by atoms with Gasteiger partial charge in [0, 0.05) is 0 Å². The second kappa shape index (κ2) is 15.2. The minimum absolute atomic E-state index is 0.442. The van der Waals surface area contributed by atoms with Crippen molar-refractivity contribution < 1.29 is 17.2 Å². The van der Waals surface area contributed by atoms with E-state index in [1.807, 2.05) is 6.08 Å². The van der Waals surface area contributed by atoms with E-state index in [1.165, 1.54) is 51.4 Å². The molecule has 0 heterocycles. The van der Waals surface area contributed by atoms with Gasteiger partial charge >= 0.3 is 10.4 Å². The molecule has 0 aromatic heterocycles. The highest BCUT2D eigenvalue weighted by atomic mass is 32.3. The fourth-order valence-corrected chi connectivity index (χ4v) is 3.10. The van der Waals surface area contributed by atoms with Gasteiger partial charge in [-0.05, 0) is 25.7 Å². The maximum atomic E-state index is 10.9. The molecule has 4 nitrogen and oxygen atoms in total. The quantitative estimate of drug-likeness (QED) is 0.216. The first kappa shape index (κ1) is 22.6. The summed E-state index contributed by atoms with van der Waals surface area (Å²) in [4.78, 5) is 0. The Morgan fingerprint density at radius 2 is 1.43 bits per heavy atom. The van der Waals surface area contributed by atoms with Gasteiger partial charge in [-0.3, -0.25) is 4.55 Å². The van der Waals surface area contributed by atoms with Crippen LogP contribution in [0.1, 0.15) is 97.3 Å². The molecule has 0 aliphatic heterocycles. The van der Waals surface area contributed by atoms with Crippen molar-refractivity contribution in [1.29, 1.82) is 0 Å². The number of rotatable bonds is 16. The molecule has 0 bridgehead atoms. The number of unbranched alkanes of at least 4 members (excludes halogenated alkanes) is 9. The summed E-state index contributed by atoms with van der Waals surface area (Å²) < 4.78 is 35.5. The lowest BCUT2D eigenvalue weighted by molar-refractivity contribution is 0.171. The van der Waals surface area contributed by atoms with E-state index >= 15 is 0 Å². The van der Waals surface area contributed by atoms with E-state index < -0.39 is 16.5 Å². The Bertz CT molecular complexity index is 376. The minimum Gasteiger partial charge on any atom is -0.264 e. The van der Waals surface area contributed by atoms with Crippen molar-refractivity contribution >= 4 is 10.4 Å². The van der Waals surface area contributed by atoms with E-state index in [2.05, 4.69) is 19.9 Å². The molecule has 1 atom stereocenters. The third-order valence-corrected chi connectivity index (χ3v) is 4.44. The molecule has 5 heteroatoms. The summed E-state index contributed by atoms with van der Waals surface area (Å²) in [6.07, 6.45) is 17.7. The molecule has 0 rings (SSSR count). The predicted molar refractivity (Wildman–Crippen MR) is 96.9 cm³/mol. The summed E-state index contributed by atoms with van der Waals surface area (Å²) in [7, 11) is -4.36. The Labute approximate surface area is 143 Å². The van der Waals surface area contributed by atoms with Crippen molar-refractivity contribution in [3.8, 4) is 0 Å². The fourth-order valence-electron chi connectivity index (χ4n) is 2.58. The third-order valence-electron chi connectivity index (χ3n) is 3.93. The van der Waals surface area contributed by atoms with Crippen LogP contribution in [0.3, 0.4) is 0 Å². The molecule has 0 amide bonds. The van der Waals surface area contributed by atoms with Gasteiger partial charge in [0.2, 0.25) is 0 Å². The van der Waals surface area contributed by atoms with E-state index in [0.29, 0.717) is 12.8 Å². The lowest BCUT2D eigenvalue weighted by Crippen LogP contribution is -2.17. The van der Waals surface area contributed by atoms with Gasteiger partial charge in [0.1, 0.15) is 0 Å². The lowest BCUT2D eigenvalue weighted by atomic mass is 10.0. The van der Waals surface area contributed by atoms with Gasteiger partial charge < -0.3 is 0 Å². The summed E-state index contributed by atoms with van der Waals surface area (Å²) >= 11 is 0. The average molecular weight is 349 g/mol. The first-order valence-electron chi connectivity index (χ1n) is 9.30. The Balaban J connectivity index is 3.98. The van der Waals surface area contributed by atoms with Crippen molar-refractivity contribution in [2.45, 2.75) is 103 Å². The van der Waals surface area contributed by atoms with Crippen LogP contribution in [0.2, 0.25) is 0 Å². The maximum absolute atomic E-state index is 10.9. The van der Waals surface area contributed by atoms with Crippen LogP contribution in [-0.4, -0.2) is 19.1 Å². The normalized spacial score (nSPS) is 13.7. The Morgan fingerprint density at radius 3 is 2.04 bits per heavy atom. The Morgan fingerprint density at radius 1 is 0.870 bits per heavy atom. The van der Waals surface area contributed by atoms with Gasteiger partial charge in [-0.1, -0.05) is 83.8 Å². The molecule has 0 aliphatic carbocycles. The molecular weight excluding hydrogens is 312 g/mol. The van der Waals surface area contributed by atoms with Crippen molar-refractivity contribution in [1.82, 2.24) is 0 Å². The largest absolute Gasteiger partial charge is 0.397 e. The second-order valence-electron chi connectivity index (χ2n) is 6.26. The Kier molecular flexibility index (Phi) is 14.9. The molecule has 1 unspecified atom stereocenters. The number of hydrogen-bond donors (Lipinski definition) is 1. The molecule has 0 aliphatic rings. The SMILES string of the molecule is CCCCCC/C=C/CC(CCCCCCCC)OS(=O)(=O)O. The molecule has 0 radical (unpaired) electrons. The predicted octanol–water partition coefficient (Wildman–Crippen LogP) is 5.84. The van der Waals surface area contributed by atoms with Crippen molar-refractivity contribution in [3.05, 3.63) is 12.2 Å². The van der Waals surface area contributed by atoms with Crippen molar-refractivity contribution in [3.63, 3.8) is 0 Å². The minimum atomic E-state index is -4.36. The summed E-state index contributed by atoms with van der Waals surface area (Å²) in [5, 5.41) is 0. The molecule has 23 heavy (non-hydrogen) atoms. The van der Waals surface area contributed by atoms with Crippen molar-refractivity contribution in [2.24, 2.45) is 0 Å². The van der Waals surface area contributed by atoms with E-state index in [-0.39, 0.29) is 0 Å². The van der Waals surface area contributed by atoms with Gasteiger partial charge in [-0.2, -0.15) is 8.42 Å². The number of allylic oxidation sites excluding steroid dienone is 1. The first-order valence-corrected chi connectivity index (χ1v) is 10.7. The van der Waals surface area contributed by atoms with E-state index in [0.717, 1.165) is 19.3 Å². The van der Waals surface area contributed by atoms with Gasteiger partial charge in [0.25, 0.3) is 0 Å². The van der Waals surface area contributed by atoms with Crippen LogP contribution >= 0.6 is 0 Å². The molecule has 0 saturated carbocycles. The number of hydrogen-bond acceptors (Lipinski definition) is 3. The maximum Gasteiger partial charge on any atom is 0.397 e. The summed E-state index contributed by atoms with van der Waals surface area (Å²) in [6.45, 7) is 4.37. The molecular formula is C18H36O4S. The topological polar surface area (TPSA) is 63.6 Å². The fraction of sp³-hybridized carbons (Fsp3) is 0.889. The summed E-state index contributed by atoms with van der Waals surface area (Å²) in [5.74, 6) is 0. The third kappa shape index (κ3) is 17.8. The van der Waals surface area contributed by atoms with Crippen LogP contribution in [0.25, 0.3) is 0 Å². The highest BCUT2D eigenvalue weighted by molar-refractivity contribution is 7.80. The lowest BCUT2D eigenvalue weighted by Gasteiger charge is -2.13. The summed E-state index contributed by atoms with van der Waals surface area (Å²) in [6, 6.07) is 0. The van der Waals surface area contributed by atoms with E-state index in [1.54, 1.807) is 0 Å². The zero-order chi connectivity index (χ0) is 17.4. The molecule has 0 fully saturated rings. The highest BCUT2D eigenvalue weighted by Crippen LogP contribution is 2.15. The molecule has 0 saturated heterocycles. The van der Waals surface area contributed by atoms with Crippen molar-refractivity contribution in [2.75, 3.05) is 0 Å². The van der Waals surface area contributed by atoms with Gasteiger partial charge in [0.15, 0.2) is 0 Å². The van der Waals surface area contributed by atoms with Crippen LogP contribution in [-0.2, 0) is 14.6 Å². The smallest absolute Gasteiger partial charge is 0.264 e. The zero-order valence-electron chi connectivity index (χ0n) is 15.0. The highest BCUT2D eigenvalue weighted by Gasteiger charge is 2.15. The molecule has 0 aromatic rings. The van der Waals surface area contributed by atoms with Gasteiger partial charge in [-0.25, -0.2) is 4.18 Å². The standard InChI is InChI=1S/C18H36O4S/c1-3-5-7-9-11-13-15-17-18(22-23(19,20)21)16-14-12-10-8-6-4-2/h13,15,18H,3-12,14,16-17H2,1-2H3,(H,19,20,21)/b15-13+. The van der Waals surface area contributed by atoms with Crippen LogP contribution in [0.4, 0.5) is 0 Å². The summed E-state index contributed by atoms with van der Waals surface area (Å²) in [5.41, 5.74) is 0. The van der Waals surface area contributed by atoms with Crippen LogP contribution in [0, 0.1) is 0 Å². The van der Waals surface area contributed by atoms with Crippen LogP contribution in [0.15, 0.2) is 12.2 Å². The molecule has 0 aromatic carbocycles. The monoisotopic (exact) mass is 348 g/mol. The first-order chi connectivity index (χ1) is 11.0. The molecule has 0 spiro atoms. The van der Waals surface area contributed by atoms with Gasteiger partial charge in [0.05, 0.1) is 6.10 Å². The van der Waals surface area contributed by atoms with Crippen LogP contribution < -0.4 is 0 Å². The average Bonchev–Trinajstić information content (AvgIpc) is 2.48. The van der Waals surface area contributed by atoms with Crippen LogP contribution in [0.5, 0.6) is 0 Å². The Hall–Kier alpha value is -0.390.